The number of aliphatic hydroxyl groups excluding tert-OH is 1. The minimum absolute atomic E-state index is 0.0659. The van der Waals surface area contributed by atoms with Crippen molar-refractivity contribution in [2.45, 2.75) is 17.4 Å². The quantitative estimate of drug-likeness (QED) is 0.397. The van der Waals surface area contributed by atoms with Gasteiger partial charge in [-0.05, 0) is 31.2 Å². The molecule has 0 saturated carbocycles. The van der Waals surface area contributed by atoms with Gasteiger partial charge in [0.2, 0.25) is 10.0 Å². The van der Waals surface area contributed by atoms with E-state index in [0.29, 0.717) is 11.4 Å². The molecule has 0 spiro atoms. The van der Waals surface area contributed by atoms with Crippen molar-refractivity contribution in [3.8, 4) is 0 Å². The van der Waals surface area contributed by atoms with Crippen molar-refractivity contribution in [1.29, 1.82) is 0 Å². The number of aliphatic hydroxyl groups is 2. The smallest absolute Gasteiger partial charge is 0.212 e. The van der Waals surface area contributed by atoms with E-state index in [9.17, 15) is 13.5 Å². The number of benzene rings is 1. The summed E-state index contributed by atoms with van der Waals surface area (Å²) in [5, 5.41) is 18.4. The average molecular weight is 320 g/mol. The highest BCUT2D eigenvalue weighted by Gasteiger charge is 2.22. The second kappa shape index (κ2) is 7.28. The van der Waals surface area contributed by atoms with E-state index in [-0.39, 0.29) is 12.3 Å². The van der Waals surface area contributed by atoms with Gasteiger partial charge in [0.1, 0.15) is 0 Å². The van der Waals surface area contributed by atoms with Crippen molar-refractivity contribution >= 4 is 27.5 Å². The Hall–Kier alpha value is -0.800. The number of hydrogen-bond acceptors (Lipinski definition) is 6. The van der Waals surface area contributed by atoms with Gasteiger partial charge in [-0.3, -0.25) is 0 Å². The molecule has 0 aliphatic rings. The van der Waals surface area contributed by atoms with E-state index >= 15 is 0 Å². The molecule has 1 aromatic rings. The Labute approximate surface area is 123 Å². The van der Waals surface area contributed by atoms with E-state index in [2.05, 4.69) is 4.72 Å². The van der Waals surface area contributed by atoms with E-state index in [1.54, 1.807) is 12.1 Å². The van der Waals surface area contributed by atoms with Crippen molar-refractivity contribution in [1.82, 2.24) is 4.72 Å². The standard InChI is InChI=1S/C12H20N2O4S2/c1-12(16,9-15)8-14-20(17,18)7-6-19-11-4-2-10(13)3-5-11/h2-5,14-16H,6-9,13H2,1H3. The molecule has 0 saturated heterocycles. The predicted octanol–water partition coefficient (Wildman–Crippen LogP) is 0.0236. The third-order valence-electron chi connectivity index (χ3n) is 2.51. The number of thioether (sulfide) groups is 1. The molecule has 0 aromatic heterocycles. The monoisotopic (exact) mass is 320 g/mol. The number of rotatable bonds is 8. The molecule has 0 radical (unpaired) electrons. The highest BCUT2D eigenvalue weighted by Crippen LogP contribution is 2.19. The van der Waals surface area contributed by atoms with Gasteiger partial charge in [-0.2, -0.15) is 0 Å². The summed E-state index contributed by atoms with van der Waals surface area (Å²) >= 11 is 1.41. The molecule has 0 amide bonds. The van der Waals surface area contributed by atoms with Crippen LogP contribution in [0.5, 0.6) is 0 Å². The highest BCUT2D eigenvalue weighted by molar-refractivity contribution is 8.00. The first kappa shape index (κ1) is 17.3. The SMILES string of the molecule is CC(O)(CO)CNS(=O)(=O)CCSc1ccc(N)cc1. The zero-order chi connectivity index (χ0) is 15.2. The van der Waals surface area contributed by atoms with Crippen LogP contribution in [0.25, 0.3) is 0 Å². The van der Waals surface area contributed by atoms with Gasteiger partial charge in [-0.1, -0.05) is 0 Å². The van der Waals surface area contributed by atoms with Crippen molar-refractivity contribution in [2.75, 3.05) is 30.4 Å². The summed E-state index contributed by atoms with van der Waals surface area (Å²) in [6.45, 7) is 0.646. The Morgan fingerprint density at radius 2 is 1.95 bits per heavy atom. The van der Waals surface area contributed by atoms with Crippen LogP contribution in [0.2, 0.25) is 0 Å². The molecule has 0 fully saturated rings. The van der Waals surface area contributed by atoms with Crippen LogP contribution in [-0.2, 0) is 10.0 Å². The normalized spacial score (nSPS) is 14.9. The first-order valence-corrected chi connectivity index (χ1v) is 8.67. The maximum atomic E-state index is 11.7. The molecule has 1 aromatic carbocycles. The zero-order valence-corrected chi connectivity index (χ0v) is 12.9. The van der Waals surface area contributed by atoms with Gasteiger partial charge in [-0.25, -0.2) is 13.1 Å². The lowest BCUT2D eigenvalue weighted by Gasteiger charge is -2.20. The van der Waals surface area contributed by atoms with Gasteiger partial charge in [-0.15, -0.1) is 11.8 Å². The summed E-state index contributed by atoms with van der Waals surface area (Å²) < 4.78 is 25.7. The van der Waals surface area contributed by atoms with Gasteiger partial charge < -0.3 is 15.9 Å². The number of nitrogen functional groups attached to an aromatic ring is 1. The summed E-state index contributed by atoms with van der Waals surface area (Å²) in [6, 6.07) is 7.17. The summed E-state index contributed by atoms with van der Waals surface area (Å²) in [7, 11) is -3.47. The maximum Gasteiger partial charge on any atom is 0.212 e. The van der Waals surface area contributed by atoms with Crippen molar-refractivity contribution < 1.29 is 18.6 Å². The Balaban J connectivity index is 2.38. The molecule has 5 N–H and O–H groups in total. The van der Waals surface area contributed by atoms with Crippen LogP contribution in [0.3, 0.4) is 0 Å². The maximum absolute atomic E-state index is 11.7. The van der Waals surface area contributed by atoms with Crippen LogP contribution in [0.1, 0.15) is 6.92 Å². The average Bonchev–Trinajstić information content (AvgIpc) is 2.39. The Bertz CT molecular complexity index is 515. The number of anilines is 1. The summed E-state index contributed by atoms with van der Waals surface area (Å²) in [6.07, 6.45) is 0. The largest absolute Gasteiger partial charge is 0.399 e. The molecule has 0 aliphatic carbocycles. The number of nitrogens with two attached hydrogens (primary N) is 1. The predicted molar refractivity (Wildman–Crippen MR) is 81.1 cm³/mol. The third-order valence-corrected chi connectivity index (χ3v) is 5.11. The minimum atomic E-state index is -3.47. The molecule has 0 aliphatic heterocycles. The highest BCUT2D eigenvalue weighted by atomic mass is 32.2. The molecule has 1 rings (SSSR count). The molecule has 8 heteroatoms. The first-order chi connectivity index (χ1) is 9.24. The Morgan fingerprint density at radius 3 is 2.50 bits per heavy atom. The topological polar surface area (TPSA) is 113 Å². The summed E-state index contributed by atoms with van der Waals surface area (Å²) in [4.78, 5) is 0.941. The second-order valence-electron chi connectivity index (χ2n) is 4.71. The third kappa shape index (κ3) is 6.58. The number of nitrogens with one attached hydrogen (secondary N) is 1. The van der Waals surface area contributed by atoms with E-state index in [1.165, 1.54) is 18.7 Å². The number of sulfonamides is 1. The Morgan fingerprint density at radius 1 is 1.35 bits per heavy atom. The van der Waals surface area contributed by atoms with E-state index in [4.69, 9.17) is 10.8 Å². The molecule has 0 heterocycles. The van der Waals surface area contributed by atoms with Gasteiger partial charge in [0, 0.05) is 22.9 Å². The van der Waals surface area contributed by atoms with Gasteiger partial charge >= 0.3 is 0 Å². The summed E-state index contributed by atoms with van der Waals surface area (Å²) in [5.74, 6) is 0.323. The lowest BCUT2D eigenvalue weighted by molar-refractivity contribution is 0.00682. The molecule has 1 unspecified atom stereocenters. The van der Waals surface area contributed by atoms with Crippen molar-refractivity contribution in [3.63, 3.8) is 0 Å². The molecule has 114 valence electrons. The zero-order valence-electron chi connectivity index (χ0n) is 11.2. The number of hydrogen-bond donors (Lipinski definition) is 4. The van der Waals surface area contributed by atoms with Crippen LogP contribution in [-0.4, -0.2) is 48.9 Å². The van der Waals surface area contributed by atoms with Crippen molar-refractivity contribution in [3.05, 3.63) is 24.3 Å². The van der Waals surface area contributed by atoms with E-state index in [0.717, 1.165) is 4.90 Å². The first-order valence-electron chi connectivity index (χ1n) is 6.03. The van der Waals surface area contributed by atoms with Gasteiger partial charge in [0.15, 0.2) is 0 Å². The van der Waals surface area contributed by atoms with Crippen LogP contribution in [0, 0.1) is 0 Å². The fourth-order valence-corrected chi connectivity index (χ4v) is 3.68. The van der Waals surface area contributed by atoms with Crippen LogP contribution < -0.4 is 10.5 Å². The van der Waals surface area contributed by atoms with Crippen LogP contribution in [0.4, 0.5) is 5.69 Å². The van der Waals surface area contributed by atoms with Gasteiger partial charge in [0.25, 0.3) is 0 Å². The molecule has 1 atom stereocenters. The van der Waals surface area contributed by atoms with E-state index < -0.39 is 22.2 Å². The Kier molecular flexibility index (Phi) is 6.28. The second-order valence-corrected chi connectivity index (χ2v) is 7.81. The molecule has 6 nitrogen and oxygen atoms in total. The van der Waals surface area contributed by atoms with Crippen LogP contribution in [0.15, 0.2) is 29.2 Å². The fraction of sp³-hybridized carbons (Fsp3) is 0.500. The van der Waals surface area contributed by atoms with Crippen LogP contribution >= 0.6 is 11.8 Å². The molecule has 0 bridgehead atoms. The molecule has 20 heavy (non-hydrogen) atoms. The minimum Gasteiger partial charge on any atom is -0.399 e. The van der Waals surface area contributed by atoms with Crippen molar-refractivity contribution in [2.24, 2.45) is 0 Å². The molecular weight excluding hydrogens is 300 g/mol. The van der Waals surface area contributed by atoms with E-state index in [1.807, 2.05) is 12.1 Å². The lowest BCUT2D eigenvalue weighted by Crippen LogP contribution is -2.44. The molecular formula is C12H20N2O4S2. The lowest BCUT2D eigenvalue weighted by atomic mass is 10.1. The van der Waals surface area contributed by atoms with Gasteiger partial charge in [0.05, 0.1) is 18.0 Å². The fourth-order valence-electron chi connectivity index (χ4n) is 1.23. The summed E-state index contributed by atoms with van der Waals surface area (Å²) in [5.41, 5.74) is 4.77.